The molecule has 0 aromatic heterocycles. The van der Waals surface area contributed by atoms with E-state index in [9.17, 15) is 5.11 Å². The predicted molar refractivity (Wildman–Crippen MR) is 89.6 cm³/mol. The first-order valence-electron chi connectivity index (χ1n) is 8.92. The van der Waals surface area contributed by atoms with E-state index in [2.05, 4.69) is 21.5 Å². The van der Waals surface area contributed by atoms with Crippen LogP contribution in [-0.2, 0) is 0 Å². The second-order valence-electron chi connectivity index (χ2n) is 7.38. The van der Waals surface area contributed by atoms with Gasteiger partial charge in [-0.25, -0.2) is 5.43 Å². The van der Waals surface area contributed by atoms with Crippen molar-refractivity contribution in [1.82, 2.24) is 21.5 Å². The van der Waals surface area contributed by atoms with Crippen LogP contribution < -0.4 is 21.5 Å². The van der Waals surface area contributed by atoms with Gasteiger partial charge in [0.2, 0.25) is 0 Å². The summed E-state index contributed by atoms with van der Waals surface area (Å²) >= 11 is 6.27. The molecule has 3 aliphatic rings. The summed E-state index contributed by atoms with van der Waals surface area (Å²) in [4.78, 5) is 0. The summed E-state index contributed by atoms with van der Waals surface area (Å²) in [6.07, 6.45) is 5.92. The summed E-state index contributed by atoms with van der Waals surface area (Å²) < 4.78 is 0. The number of halogens is 1. The smallest absolute Gasteiger partial charge is 0.0737 e. The van der Waals surface area contributed by atoms with Gasteiger partial charge < -0.3 is 10.4 Å². The topological polar surface area (TPSA) is 68.3 Å². The average Bonchev–Trinajstić information content (AvgIpc) is 2.53. The summed E-state index contributed by atoms with van der Waals surface area (Å²) in [6.45, 7) is 4.66. The Labute approximate surface area is 138 Å². The molecule has 5 atom stereocenters. The number of alkyl halides is 1. The maximum atomic E-state index is 9.52. The highest BCUT2D eigenvalue weighted by molar-refractivity contribution is 6.20. The number of rotatable bonds is 4. The van der Waals surface area contributed by atoms with E-state index >= 15 is 0 Å². The van der Waals surface area contributed by atoms with Crippen LogP contribution in [0, 0.1) is 17.8 Å². The molecule has 0 spiro atoms. The number of fused-ring (bicyclic) bond motifs is 1. The van der Waals surface area contributed by atoms with Crippen LogP contribution in [0.2, 0.25) is 0 Å². The van der Waals surface area contributed by atoms with Crippen LogP contribution >= 0.6 is 11.6 Å². The van der Waals surface area contributed by atoms with Crippen LogP contribution in [0.25, 0.3) is 0 Å². The highest BCUT2D eigenvalue weighted by Gasteiger charge is 2.43. The number of aliphatic hydroxyl groups excluding tert-OH is 1. The molecule has 5 N–H and O–H groups in total. The number of aliphatic hydroxyl groups is 1. The SMILES string of the molecule is C[C@H](O)CNC1NNC(C2CCC(Cl)CC2)C2CNCCC12. The van der Waals surface area contributed by atoms with Crippen molar-refractivity contribution in [3.8, 4) is 0 Å². The minimum absolute atomic E-state index is 0.252. The van der Waals surface area contributed by atoms with Gasteiger partial charge >= 0.3 is 0 Å². The third kappa shape index (κ3) is 3.94. The van der Waals surface area contributed by atoms with Gasteiger partial charge in [-0.05, 0) is 69.9 Å². The Bertz CT molecular complexity index is 349. The molecule has 0 aromatic carbocycles. The van der Waals surface area contributed by atoms with Crippen molar-refractivity contribution < 1.29 is 5.11 Å². The minimum Gasteiger partial charge on any atom is -0.392 e. The Kier molecular flexibility index (Phi) is 5.98. The lowest BCUT2D eigenvalue weighted by molar-refractivity contribution is 0.0286. The molecular weight excluding hydrogens is 300 g/mol. The summed E-state index contributed by atoms with van der Waals surface area (Å²) in [5, 5.41) is 17.0. The van der Waals surface area contributed by atoms with E-state index in [1.54, 1.807) is 0 Å². The number of hydrogen-bond donors (Lipinski definition) is 5. The molecule has 6 heteroatoms. The standard InChI is InChI=1S/C16H31ClN4O/c1-10(22)8-19-16-13-6-7-18-9-14(13)15(20-21-16)11-2-4-12(17)5-3-11/h10-16,18-22H,2-9H2,1H3/t10-,11?,12?,13?,14?,15?,16?/m0/s1. The normalized spacial score (nSPS) is 44.3. The minimum atomic E-state index is -0.307. The molecule has 1 saturated carbocycles. The maximum Gasteiger partial charge on any atom is 0.0737 e. The van der Waals surface area contributed by atoms with Gasteiger partial charge in [0.15, 0.2) is 0 Å². The van der Waals surface area contributed by atoms with Crippen molar-refractivity contribution in [2.45, 2.75) is 62.7 Å². The number of hydrazine groups is 1. The summed E-state index contributed by atoms with van der Waals surface area (Å²) in [7, 11) is 0. The highest BCUT2D eigenvalue weighted by Crippen LogP contribution is 2.37. The van der Waals surface area contributed by atoms with Crippen molar-refractivity contribution in [2.75, 3.05) is 19.6 Å². The average molecular weight is 331 g/mol. The van der Waals surface area contributed by atoms with Gasteiger partial charge in [-0.1, -0.05) is 0 Å². The second kappa shape index (κ2) is 7.77. The first-order valence-corrected chi connectivity index (χ1v) is 9.36. The number of piperidine rings is 1. The molecule has 3 fully saturated rings. The molecule has 2 saturated heterocycles. The van der Waals surface area contributed by atoms with Gasteiger partial charge in [0.25, 0.3) is 0 Å². The van der Waals surface area contributed by atoms with E-state index in [1.165, 1.54) is 19.3 Å². The molecular formula is C16H31ClN4O. The van der Waals surface area contributed by atoms with Crippen LogP contribution in [0.3, 0.4) is 0 Å². The van der Waals surface area contributed by atoms with Crippen LogP contribution in [-0.4, -0.2) is 48.4 Å². The number of nitrogens with one attached hydrogen (secondary N) is 4. The Morgan fingerprint density at radius 3 is 2.64 bits per heavy atom. The number of hydrogen-bond acceptors (Lipinski definition) is 5. The zero-order valence-corrected chi connectivity index (χ0v) is 14.3. The molecule has 0 radical (unpaired) electrons. The van der Waals surface area contributed by atoms with Crippen LogP contribution in [0.1, 0.15) is 39.0 Å². The fourth-order valence-electron chi connectivity index (χ4n) is 4.52. The third-order valence-corrected chi connectivity index (χ3v) is 6.16. The second-order valence-corrected chi connectivity index (χ2v) is 8.00. The Hall–Kier alpha value is 0.0900. The van der Waals surface area contributed by atoms with Gasteiger partial charge in [-0.3, -0.25) is 10.7 Å². The first-order chi connectivity index (χ1) is 10.6. The van der Waals surface area contributed by atoms with Crippen molar-refractivity contribution in [2.24, 2.45) is 17.8 Å². The lowest BCUT2D eigenvalue weighted by Crippen LogP contribution is -2.70. The van der Waals surface area contributed by atoms with E-state index in [-0.39, 0.29) is 12.3 Å². The van der Waals surface area contributed by atoms with Crippen molar-refractivity contribution in [1.29, 1.82) is 0 Å². The molecule has 1 aliphatic carbocycles. The van der Waals surface area contributed by atoms with Crippen molar-refractivity contribution in [3.05, 3.63) is 0 Å². The zero-order valence-electron chi connectivity index (χ0n) is 13.5. The van der Waals surface area contributed by atoms with E-state index in [0.29, 0.717) is 29.8 Å². The van der Waals surface area contributed by atoms with Crippen LogP contribution in [0.15, 0.2) is 0 Å². The molecule has 2 aliphatic heterocycles. The maximum absolute atomic E-state index is 9.52. The van der Waals surface area contributed by atoms with Gasteiger partial charge in [0, 0.05) is 18.0 Å². The van der Waals surface area contributed by atoms with E-state index in [0.717, 1.165) is 31.8 Å². The molecule has 4 unspecified atom stereocenters. The largest absolute Gasteiger partial charge is 0.392 e. The lowest BCUT2D eigenvalue weighted by atomic mass is 9.70. The van der Waals surface area contributed by atoms with Gasteiger partial charge in [0.1, 0.15) is 0 Å². The van der Waals surface area contributed by atoms with E-state index in [4.69, 9.17) is 11.6 Å². The Morgan fingerprint density at radius 1 is 1.14 bits per heavy atom. The molecule has 0 amide bonds. The van der Waals surface area contributed by atoms with Crippen molar-refractivity contribution >= 4 is 11.6 Å². The molecule has 128 valence electrons. The quantitative estimate of drug-likeness (QED) is 0.493. The van der Waals surface area contributed by atoms with Gasteiger partial charge in [0.05, 0.1) is 12.3 Å². The van der Waals surface area contributed by atoms with E-state index in [1.807, 2.05) is 6.92 Å². The predicted octanol–water partition coefficient (Wildman–Crippen LogP) is 0.783. The Balaban J connectivity index is 1.62. The van der Waals surface area contributed by atoms with Crippen molar-refractivity contribution in [3.63, 3.8) is 0 Å². The van der Waals surface area contributed by atoms with Crippen LogP contribution in [0.5, 0.6) is 0 Å². The molecule has 3 rings (SSSR count). The molecule has 5 nitrogen and oxygen atoms in total. The Morgan fingerprint density at radius 2 is 1.91 bits per heavy atom. The van der Waals surface area contributed by atoms with Crippen LogP contribution in [0.4, 0.5) is 0 Å². The fourth-order valence-corrected chi connectivity index (χ4v) is 4.77. The molecule has 0 bridgehead atoms. The highest BCUT2D eigenvalue weighted by atomic mass is 35.5. The summed E-state index contributed by atoms with van der Waals surface area (Å²) in [6, 6.07) is 0.534. The molecule has 22 heavy (non-hydrogen) atoms. The van der Waals surface area contributed by atoms with E-state index < -0.39 is 0 Å². The zero-order chi connectivity index (χ0) is 15.5. The van der Waals surface area contributed by atoms with Gasteiger partial charge in [-0.2, -0.15) is 0 Å². The fraction of sp³-hybridized carbons (Fsp3) is 1.00. The molecule has 2 heterocycles. The lowest BCUT2D eigenvalue weighted by Gasteiger charge is -2.50. The monoisotopic (exact) mass is 330 g/mol. The summed E-state index contributed by atoms with van der Waals surface area (Å²) in [5.41, 5.74) is 7.10. The first kappa shape index (κ1) is 16.9. The molecule has 0 aromatic rings. The van der Waals surface area contributed by atoms with Gasteiger partial charge in [-0.15, -0.1) is 11.6 Å². The third-order valence-electron chi connectivity index (χ3n) is 5.72. The summed E-state index contributed by atoms with van der Waals surface area (Å²) in [5.74, 6) is 2.01.